The SMILES string of the molecule is OC1(I)c2ccccc2CC1NC1CCCC1. The van der Waals surface area contributed by atoms with Crippen molar-refractivity contribution in [2.24, 2.45) is 0 Å². The van der Waals surface area contributed by atoms with Crippen molar-refractivity contribution in [2.45, 2.75) is 47.8 Å². The summed E-state index contributed by atoms with van der Waals surface area (Å²) in [6, 6.07) is 9.04. The summed E-state index contributed by atoms with van der Waals surface area (Å²) in [5.41, 5.74) is 2.39. The first-order chi connectivity index (χ1) is 8.18. The lowest BCUT2D eigenvalue weighted by molar-refractivity contribution is 0.116. The topological polar surface area (TPSA) is 32.3 Å². The smallest absolute Gasteiger partial charge is 0.156 e. The van der Waals surface area contributed by atoms with Gasteiger partial charge >= 0.3 is 0 Å². The van der Waals surface area contributed by atoms with E-state index in [1.54, 1.807) is 0 Å². The molecule has 1 aromatic rings. The van der Waals surface area contributed by atoms with Crippen molar-refractivity contribution in [1.82, 2.24) is 5.32 Å². The molecule has 1 aromatic carbocycles. The molecule has 0 aromatic heterocycles. The summed E-state index contributed by atoms with van der Waals surface area (Å²) < 4.78 is -0.739. The van der Waals surface area contributed by atoms with Crippen LogP contribution in [-0.4, -0.2) is 17.2 Å². The minimum Gasteiger partial charge on any atom is -0.374 e. The van der Waals surface area contributed by atoms with Gasteiger partial charge in [0.2, 0.25) is 0 Å². The van der Waals surface area contributed by atoms with Crippen LogP contribution in [0.1, 0.15) is 36.8 Å². The zero-order valence-corrected chi connectivity index (χ0v) is 12.0. The molecule has 0 heterocycles. The molecule has 17 heavy (non-hydrogen) atoms. The second kappa shape index (κ2) is 4.52. The van der Waals surface area contributed by atoms with Crippen molar-refractivity contribution in [3.63, 3.8) is 0 Å². The van der Waals surface area contributed by atoms with Gasteiger partial charge in [-0.15, -0.1) is 0 Å². The van der Waals surface area contributed by atoms with Gasteiger partial charge in [0.15, 0.2) is 3.61 Å². The van der Waals surface area contributed by atoms with Gasteiger partial charge in [-0.2, -0.15) is 0 Å². The Labute approximate surface area is 116 Å². The van der Waals surface area contributed by atoms with Crippen molar-refractivity contribution in [2.75, 3.05) is 0 Å². The molecule has 0 amide bonds. The molecule has 3 rings (SSSR count). The molecule has 0 spiro atoms. The average molecular weight is 343 g/mol. The minimum absolute atomic E-state index is 0.170. The third kappa shape index (κ3) is 2.13. The number of alkyl halides is 1. The Balaban J connectivity index is 1.80. The highest BCUT2D eigenvalue weighted by Gasteiger charge is 2.43. The number of halogens is 1. The minimum atomic E-state index is -0.739. The fraction of sp³-hybridized carbons (Fsp3) is 0.571. The van der Waals surface area contributed by atoms with Crippen LogP contribution in [0.2, 0.25) is 0 Å². The number of rotatable bonds is 2. The van der Waals surface area contributed by atoms with Crippen LogP contribution in [0.3, 0.4) is 0 Å². The quantitative estimate of drug-likeness (QED) is 0.639. The number of fused-ring (bicyclic) bond motifs is 1. The molecule has 2 N–H and O–H groups in total. The van der Waals surface area contributed by atoms with Crippen LogP contribution in [0.15, 0.2) is 24.3 Å². The van der Waals surface area contributed by atoms with Crippen LogP contribution in [0.5, 0.6) is 0 Å². The number of nitrogens with one attached hydrogen (secondary N) is 1. The maximum Gasteiger partial charge on any atom is 0.156 e. The summed E-state index contributed by atoms with van der Waals surface area (Å²) in [6.07, 6.45) is 6.14. The van der Waals surface area contributed by atoms with Gasteiger partial charge in [-0.3, -0.25) is 0 Å². The summed E-state index contributed by atoms with van der Waals surface area (Å²) in [6.45, 7) is 0. The number of benzene rings is 1. The molecule has 0 aliphatic heterocycles. The predicted molar refractivity (Wildman–Crippen MR) is 77.2 cm³/mol. The highest BCUT2D eigenvalue weighted by Crippen LogP contribution is 2.42. The molecule has 3 heteroatoms. The highest BCUT2D eigenvalue weighted by molar-refractivity contribution is 14.1. The summed E-state index contributed by atoms with van der Waals surface area (Å²) in [7, 11) is 0. The third-order valence-corrected chi connectivity index (χ3v) is 5.41. The van der Waals surface area contributed by atoms with Gasteiger partial charge in [0.25, 0.3) is 0 Å². The normalized spacial score (nSPS) is 32.9. The van der Waals surface area contributed by atoms with Crippen molar-refractivity contribution >= 4 is 22.6 Å². The van der Waals surface area contributed by atoms with Crippen LogP contribution in [0.25, 0.3) is 0 Å². The molecule has 92 valence electrons. The Morgan fingerprint density at radius 2 is 1.94 bits per heavy atom. The first-order valence-corrected chi connectivity index (χ1v) is 7.51. The number of hydrogen-bond donors (Lipinski definition) is 2. The lowest BCUT2D eigenvalue weighted by Crippen LogP contribution is -2.46. The monoisotopic (exact) mass is 343 g/mol. The Hall–Kier alpha value is -0.130. The van der Waals surface area contributed by atoms with Gasteiger partial charge in [-0.05, 0) is 53.0 Å². The van der Waals surface area contributed by atoms with E-state index in [0.717, 1.165) is 12.0 Å². The summed E-state index contributed by atoms with van der Waals surface area (Å²) in [4.78, 5) is 0. The highest BCUT2D eigenvalue weighted by atomic mass is 127. The number of hydrogen-bond acceptors (Lipinski definition) is 2. The maximum absolute atomic E-state index is 10.7. The molecular formula is C14H18INO. The predicted octanol–water partition coefficient (Wildman–Crippen LogP) is 2.72. The summed E-state index contributed by atoms with van der Waals surface area (Å²) in [5, 5.41) is 14.3. The Bertz CT molecular complexity index is 412. The summed E-state index contributed by atoms with van der Waals surface area (Å²) >= 11 is 2.20. The molecule has 2 aliphatic rings. The van der Waals surface area contributed by atoms with Crippen LogP contribution < -0.4 is 5.32 Å². The molecule has 0 radical (unpaired) electrons. The van der Waals surface area contributed by atoms with Crippen LogP contribution in [-0.2, 0) is 10.0 Å². The van der Waals surface area contributed by atoms with Crippen molar-refractivity contribution < 1.29 is 5.11 Å². The second-order valence-corrected chi connectivity index (χ2v) is 6.88. The van der Waals surface area contributed by atoms with Gasteiger partial charge in [-0.1, -0.05) is 37.1 Å². The van der Waals surface area contributed by atoms with E-state index >= 15 is 0 Å². The van der Waals surface area contributed by atoms with Gasteiger partial charge in [-0.25, -0.2) is 0 Å². The van der Waals surface area contributed by atoms with E-state index in [1.807, 2.05) is 6.07 Å². The largest absolute Gasteiger partial charge is 0.374 e. The van der Waals surface area contributed by atoms with Crippen LogP contribution >= 0.6 is 22.6 Å². The Morgan fingerprint density at radius 3 is 2.65 bits per heavy atom. The first-order valence-electron chi connectivity index (χ1n) is 6.43. The molecule has 0 bridgehead atoms. The van der Waals surface area contributed by atoms with E-state index in [1.165, 1.54) is 31.2 Å². The fourth-order valence-electron chi connectivity index (χ4n) is 3.13. The van der Waals surface area contributed by atoms with Gasteiger partial charge in [0, 0.05) is 6.04 Å². The van der Waals surface area contributed by atoms with Crippen molar-refractivity contribution in [3.05, 3.63) is 35.4 Å². The fourth-order valence-corrected chi connectivity index (χ4v) is 4.06. The lowest BCUT2D eigenvalue weighted by Gasteiger charge is -2.28. The van der Waals surface area contributed by atoms with Gasteiger partial charge in [0.05, 0.1) is 6.04 Å². The van der Waals surface area contributed by atoms with E-state index in [9.17, 15) is 5.11 Å². The molecule has 1 fully saturated rings. The third-order valence-electron chi connectivity index (χ3n) is 4.07. The first kappa shape index (κ1) is 11.9. The zero-order chi connectivity index (χ0) is 11.9. The Kier molecular flexibility index (Phi) is 3.17. The van der Waals surface area contributed by atoms with E-state index in [0.29, 0.717) is 6.04 Å². The molecule has 2 atom stereocenters. The molecule has 2 aliphatic carbocycles. The van der Waals surface area contributed by atoms with Crippen molar-refractivity contribution in [3.8, 4) is 0 Å². The van der Waals surface area contributed by atoms with Crippen molar-refractivity contribution in [1.29, 1.82) is 0 Å². The Morgan fingerprint density at radius 1 is 1.24 bits per heavy atom. The average Bonchev–Trinajstić information content (AvgIpc) is 2.89. The molecule has 2 nitrogen and oxygen atoms in total. The lowest BCUT2D eigenvalue weighted by atomic mass is 10.1. The standard InChI is InChI=1S/C14H18INO/c15-14(17)12-8-4-1-5-10(12)9-13(14)16-11-6-2-3-7-11/h1,4-5,8,11,13,16-17H,2-3,6-7,9H2. The number of aliphatic hydroxyl groups is 1. The van der Waals surface area contributed by atoms with E-state index < -0.39 is 3.61 Å². The molecular weight excluding hydrogens is 325 g/mol. The maximum atomic E-state index is 10.7. The second-order valence-electron chi connectivity index (χ2n) is 5.24. The molecule has 2 unspecified atom stereocenters. The zero-order valence-electron chi connectivity index (χ0n) is 9.82. The van der Waals surface area contributed by atoms with Crippen LogP contribution in [0.4, 0.5) is 0 Å². The summed E-state index contributed by atoms with van der Waals surface area (Å²) in [5.74, 6) is 0. The van der Waals surface area contributed by atoms with Gasteiger partial charge < -0.3 is 10.4 Å². The molecule has 1 saturated carbocycles. The van der Waals surface area contributed by atoms with E-state index in [4.69, 9.17) is 0 Å². The van der Waals surface area contributed by atoms with E-state index in [-0.39, 0.29) is 6.04 Å². The van der Waals surface area contributed by atoms with E-state index in [2.05, 4.69) is 46.1 Å². The van der Waals surface area contributed by atoms with Gasteiger partial charge in [0.1, 0.15) is 0 Å². The van der Waals surface area contributed by atoms with Crippen LogP contribution in [0, 0.1) is 0 Å². The molecule has 0 saturated heterocycles.